The number of aromatic nitrogens is 2. The molecular weight excluding hydrogens is 333 g/mol. The Morgan fingerprint density at radius 3 is 2.29 bits per heavy atom. The molecule has 1 aromatic heterocycles. The highest BCUT2D eigenvalue weighted by molar-refractivity contribution is 7.98. The van der Waals surface area contributed by atoms with E-state index in [2.05, 4.69) is 15.3 Å². The van der Waals surface area contributed by atoms with E-state index in [1.54, 1.807) is 20.8 Å². The van der Waals surface area contributed by atoms with E-state index in [1.807, 2.05) is 13.2 Å². The molecule has 0 aliphatic rings. The fourth-order valence-corrected chi connectivity index (χ4v) is 2.55. The largest absolute Gasteiger partial charge is 0.444 e. The Balaban J connectivity index is 2.71. The maximum Gasteiger partial charge on any atom is 0.407 e. The highest BCUT2D eigenvalue weighted by atomic mass is 35.5. The molecule has 0 saturated heterocycles. The summed E-state index contributed by atoms with van der Waals surface area (Å²) in [6, 6.07) is -0.210. The van der Waals surface area contributed by atoms with Crippen molar-refractivity contribution in [2.45, 2.75) is 50.9 Å². The minimum Gasteiger partial charge on any atom is -0.444 e. The van der Waals surface area contributed by atoms with Crippen LogP contribution in [-0.2, 0) is 11.2 Å². The van der Waals surface area contributed by atoms with Gasteiger partial charge in [0, 0.05) is 11.6 Å². The summed E-state index contributed by atoms with van der Waals surface area (Å²) in [5.41, 5.74) is 0.0713. The normalized spacial score (nSPS) is 12.9. The van der Waals surface area contributed by atoms with E-state index >= 15 is 0 Å². The molecule has 0 aliphatic carbocycles. The Hall–Kier alpha value is -0.720. The van der Waals surface area contributed by atoms with Crippen molar-refractivity contribution < 1.29 is 9.53 Å². The van der Waals surface area contributed by atoms with Gasteiger partial charge in [0.2, 0.25) is 0 Å². The summed E-state index contributed by atoms with van der Waals surface area (Å²) in [6.07, 6.45) is 1.78. The molecule has 21 heavy (non-hydrogen) atoms. The van der Waals surface area contributed by atoms with Crippen LogP contribution in [-0.4, -0.2) is 34.0 Å². The second-order valence-corrected chi connectivity index (χ2v) is 7.01. The number of carbonyl (C=O) groups is 1. The van der Waals surface area contributed by atoms with Crippen molar-refractivity contribution in [1.29, 1.82) is 0 Å². The Labute approximate surface area is 139 Å². The molecule has 0 aliphatic heterocycles. The SMILES string of the molecule is CSc1nc(Cl)c(C[C@@H](C)NC(=O)OC(C)(C)C)c(Cl)n1. The zero-order chi connectivity index (χ0) is 16.2. The third-order valence-electron chi connectivity index (χ3n) is 2.34. The van der Waals surface area contributed by atoms with Gasteiger partial charge in [-0.25, -0.2) is 14.8 Å². The number of nitrogens with zero attached hydrogens (tertiary/aromatic N) is 2. The van der Waals surface area contributed by atoms with E-state index in [1.165, 1.54) is 11.8 Å². The predicted molar refractivity (Wildman–Crippen MR) is 86.4 cm³/mol. The van der Waals surface area contributed by atoms with Gasteiger partial charge in [-0.1, -0.05) is 35.0 Å². The Bertz CT molecular complexity index is 498. The fraction of sp³-hybridized carbons (Fsp3) is 0.615. The van der Waals surface area contributed by atoms with Crippen LogP contribution in [0.15, 0.2) is 5.16 Å². The van der Waals surface area contributed by atoms with Crippen molar-refractivity contribution in [3.8, 4) is 0 Å². The topological polar surface area (TPSA) is 64.1 Å². The predicted octanol–water partition coefficient (Wildman–Crippen LogP) is 3.96. The van der Waals surface area contributed by atoms with Gasteiger partial charge in [-0.05, 0) is 40.4 Å². The molecule has 118 valence electrons. The number of alkyl carbamates (subject to hydrolysis) is 1. The van der Waals surface area contributed by atoms with Crippen molar-refractivity contribution in [1.82, 2.24) is 15.3 Å². The summed E-state index contributed by atoms with van der Waals surface area (Å²) in [5.74, 6) is 0. The van der Waals surface area contributed by atoms with Crippen molar-refractivity contribution >= 4 is 41.1 Å². The van der Waals surface area contributed by atoms with Gasteiger partial charge in [-0.15, -0.1) is 0 Å². The molecule has 1 atom stereocenters. The number of carbonyl (C=O) groups excluding carboxylic acids is 1. The molecule has 8 heteroatoms. The number of ether oxygens (including phenoxy) is 1. The summed E-state index contributed by atoms with van der Waals surface area (Å²) < 4.78 is 5.19. The number of rotatable bonds is 4. The zero-order valence-electron chi connectivity index (χ0n) is 12.7. The van der Waals surface area contributed by atoms with Gasteiger partial charge in [0.05, 0.1) is 0 Å². The number of thioether (sulfide) groups is 1. The number of hydrogen-bond donors (Lipinski definition) is 1. The quantitative estimate of drug-likeness (QED) is 0.505. The molecule has 0 aromatic carbocycles. The van der Waals surface area contributed by atoms with Gasteiger partial charge in [0.1, 0.15) is 15.9 Å². The standard InChI is InChI=1S/C13H19Cl2N3O2S/c1-7(16-12(19)20-13(2,3)4)6-8-9(14)17-11(21-5)18-10(8)15/h7H,6H2,1-5H3,(H,16,19)/t7-/m1/s1. The maximum atomic E-state index is 11.7. The second kappa shape index (κ2) is 7.51. The van der Waals surface area contributed by atoms with E-state index in [9.17, 15) is 4.79 Å². The molecule has 1 rings (SSSR count). The molecule has 5 nitrogen and oxygen atoms in total. The van der Waals surface area contributed by atoms with Crippen molar-refractivity contribution in [3.63, 3.8) is 0 Å². The monoisotopic (exact) mass is 351 g/mol. The smallest absolute Gasteiger partial charge is 0.407 e. The highest BCUT2D eigenvalue weighted by Gasteiger charge is 2.20. The lowest BCUT2D eigenvalue weighted by atomic mass is 10.1. The molecule has 1 N–H and O–H groups in total. The van der Waals surface area contributed by atoms with E-state index < -0.39 is 11.7 Å². The first-order valence-electron chi connectivity index (χ1n) is 6.37. The van der Waals surface area contributed by atoms with Gasteiger partial charge >= 0.3 is 6.09 Å². The number of hydrogen-bond acceptors (Lipinski definition) is 5. The molecular formula is C13H19Cl2N3O2S. The molecule has 1 aromatic rings. The summed E-state index contributed by atoms with van der Waals surface area (Å²) in [6.45, 7) is 7.25. The summed E-state index contributed by atoms with van der Waals surface area (Å²) in [7, 11) is 0. The lowest BCUT2D eigenvalue weighted by Crippen LogP contribution is -2.38. The maximum absolute atomic E-state index is 11.7. The summed E-state index contributed by atoms with van der Waals surface area (Å²) in [5, 5.41) is 3.85. The van der Waals surface area contributed by atoms with Crippen LogP contribution in [0.4, 0.5) is 4.79 Å². The minimum atomic E-state index is -0.539. The van der Waals surface area contributed by atoms with Crippen LogP contribution >= 0.6 is 35.0 Å². The van der Waals surface area contributed by atoms with Crippen molar-refractivity contribution in [2.75, 3.05) is 6.26 Å². The first-order chi connectivity index (χ1) is 9.62. The van der Waals surface area contributed by atoms with Crippen LogP contribution < -0.4 is 5.32 Å². The molecule has 1 amide bonds. The summed E-state index contributed by atoms with van der Waals surface area (Å²) in [4.78, 5) is 20.0. The number of halogens is 2. The Morgan fingerprint density at radius 1 is 1.33 bits per heavy atom. The molecule has 0 saturated carbocycles. The molecule has 0 radical (unpaired) electrons. The summed E-state index contributed by atoms with van der Waals surface area (Å²) >= 11 is 13.6. The zero-order valence-corrected chi connectivity index (χ0v) is 15.0. The van der Waals surface area contributed by atoms with Crippen molar-refractivity contribution in [3.05, 3.63) is 15.9 Å². The van der Waals surface area contributed by atoms with Gasteiger partial charge in [0.25, 0.3) is 0 Å². The Kier molecular flexibility index (Phi) is 6.56. The van der Waals surface area contributed by atoms with E-state index in [4.69, 9.17) is 27.9 Å². The second-order valence-electron chi connectivity index (χ2n) is 5.52. The van der Waals surface area contributed by atoms with Crippen LogP contribution in [0.1, 0.15) is 33.3 Å². The van der Waals surface area contributed by atoms with Crippen LogP contribution in [0.2, 0.25) is 10.3 Å². The van der Waals surface area contributed by atoms with Crippen LogP contribution in [0.5, 0.6) is 0 Å². The van der Waals surface area contributed by atoms with Crippen LogP contribution in [0.25, 0.3) is 0 Å². The number of nitrogens with one attached hydrogen (secondary N) is 1. The lowest BCUT2D eigenvalue weighted by Gasteiger charge is -2.22. The molecule has 0 bridgehead atoms. The first-order valence-corrected chi connectivity index (χ1v) is 8.36. The first kappa shape index (κ1) is 18.3. The molecule has 0 unspecified atom stereocenters. The lowest BCUT2D eigenvalue weighted by molar-refractivity contribution is 0.0508. The van der Waals surface area contributed by atoms with Gasteiger partial charge in [0.15, 0.2) is 5.16 Å². The van der Waals surface area contributed by atoms with Gasteiger partial charge in [-0.3, -0.25) is 0 Å². The van der Waals surface area contributed by atoms with Crippen LogP contribution in [0.3, 0.4) is 0 Å². The molecule has 0 spiro atoms. The molecule has 0 fully saturated rings. The number of amides is 1. The van der Waals surface area contributed by atoms with Gasteiger partial charge < -0.3 is 10.1 Å². The fourth-order valence-electron chi connectivity index (χ4n) is 1.54. The van der Waals surface area contributed by atoms with E-state index in [0.717, 1.165) is 0 Å². The average Bonchev–Trinajstić information content (AvgIpc) is 2.30. The highest BCUT2D eigenvalue weighted by Crippen LogP contribution is 2.25. The third kappa shape index (κ3) is 6.28. The van der Waals surface area contributed by atoms with E-state index in [0.29, 0.717) is 27.4 Å². The third-order valence-corrected chi connectivity index (χ3v) is 3.51. The van der Waals surface area contributed by atoms with Gasteiger partial charge in [-0.2, -0.15) is 0 Å². The Morgan fingerprint density at radius 2 is 1.86 bits per heavy atom. The minimum absolute atomic E-state index is 0.210. The van der Waals surface area contributed by atoms with Crippen molar-refractivity contribution in [2.24, 2.45) is 0 Å². The molecule has 1 heterocycles. The average molecular weight is 352 g/mol. The van der Waals surface area contributed by atoms with Crippen LogP contribution in [0, 0.1) is 0 Å². The van der Waals surface area contributed by atoms with E-state index in [-0.39, 0.29) is 6.04 Å².